The summed E-state index contributed by atoms with van der Waals surface area (Å²) in [7, 11) is 0. The molecule has 0 saturated heterocycles. The van der Waals surface area contributed by atoms with Crippen LogP contribution in [-0.4, -0.2) is 10.8 Å². The minimum atomic E-state index is 0.498. The van der Waals surface area contributed by atoms with Crippen molar-refractivity contribution < 1.29 is 0 Å². The molecule has 27 heavy (non-hydrogen) atoms. The van der Waals surface area contributed by atoms with Gasteiger partial charge in [0.2, 0.25) is 11.0 Å². The Morgan fingerprint density at radius 3 is 2.41 bits per heavy atom. The molecule has 4 rings (SSSR count). The summed E-state index contributed by atoms with van der Waals surface area (Å²) in [5.41, 5.74) is 6.91. The molecular weight excluding hydrogens is 354 g/mol. The lowest BCUT2D eigenvalue weighted by atomic mass is 10.1. The lowest BCUT2D eigenvalue weighted by molar-refractivity contribution is 1.21. The molecule has 0 aliphatic rings. The first-order chi connectivity index (χ1) is 13.3. The molecule has 0 amide bonds. The van der Waals surface area contributed by atoms with E-state index in [2.05, 4.69) is 25.7 Å². The van der Waals surface area contributed by atoms with Gasteiger partial charge >= 0.3 is 0 Å². The predicted octanol–water partition coefficient (Wildman–Crippen LogP) is 6.16. The Morgan fingerprint density at radius 2 is 1.63 bits per heavy atom. The fraction of sp³-hybridized carbons (Fsp3) is 0.0476. The maximum atomic E-state index is 4.49. The quantitative estimate of drug-likeness (QED) is 0.202. The third kappa shape index (κ3) is 4.24. The molecule has 1 N–H and O–H groups in total. The molecule has 0 radical (unpaired) electrons. The van der Waals surface area contributed by atoms with Crippen molar-refractivity contribution in [2.45, 2.75) is 6.92 Å². The molecule has 1 aromatic heterocycles. The molecule has 0 fully saturated rings. The molecule has 0 saturated carbocycles. The summed E-state index contributed by atoms with van der Waals surface area (Å²) in [6, 6.07) is 25.7. The van der Waals surface area contributed by atoms with Gasteiger partial charge in [-0.15, -0.1) is 10.2 Å². The number of thiazole rings is 1. The molecule has 1 heterocycles. The van der Waals surface area contributed by atoms with Crippen molar-refractivity contribution in [3.8, 4) is 0 Å². The number of hydrazone groups is 1. The first-order valence-electron chi connectivity index (χ1n) is 8.51. The first-order valence-corrected chi connectivity index (χ1v) is 9.33. The Hall–Kier alpha value is -3.38. The van der Waals surface area contributed by atoms with Crippen molar-refractivity contribution in [1.29, 1.82) is 0 Å². The average molecular weight is 371 g/mol. The van der Waals surface area contributed by atoms with Crippen LogP contribution in [0.1, 0.15) is 11.1 Å². The molecule has 0 spiro atoms. The summed E-state index contributed by atoms with van der Waals surface area (Å²) in [6.07, 6.45) is 0. The van der Waals surface area contributed by atoms with E-state index in [4.69, 9.17) is 0 Å². The number of nitrogens with one attached hydrogen (secondary N) is 1. The Balaban J connectivity index is 1.65. The molecule has 0 aliphatic carbocycles. The molecule has 0 atom stereocenters. The number of amidine groups is 1. The highest BCUT2D eigenvalue weighted by atomic mass is 32.1. The molecule has 0 unspecified atom stereocenters. The SMILES string of the molecule is Cc1ccc(C(N=Nc2nc3ccccc3s2)=NNc2ccccc2)cc1. The zero-order chi connectivity index (χ0) is 18.5. The highest BCUT2D eigenvalue weighted by Crippen LogP contribution is 2.28. The van der Waals surface area contributed by atoms with E-state index in [0.29, 0.717) is 11.0 Å². The van der Waals surface area contributed by atoms with Crippen molar-refractivity contribution in [1.82, 2.24) is 4.98 Å². The smallest absolute Gasteiger partial charge is 0.231 e. The lowest BCUT2D eigenvalue weighted by Crippen LogP contribution is -2.01. The van der Waals surface area contributed by atoms with E-state index in [0.717, 1.165) is 21.5 Å². The van der Waals surface area contributed by atoms with Crippen LogP contribution in [0.2, 0.25) is 0 Å². The lowest BCUT2D eigenvalue weighted by Gasteiger charge is -2.03. The molecular formula is C21H17N5S. The van der Waals surface area contributed by atoms with Crippen molar-refractivity contribution in [2.75, 3.05) is 5.43 Å². The van der Waals surface area contributed by atoms with Gasteiger partial charge in [0, 0.05) is 5.56 Å². The average Bonchev–Trinajstić information content (AvgIpc) is 3.13. The second-order valence-electron chi connectivity index (χ2n) is 5.94. The molecule has 0 aliphatic heterocycles. The highest BCUT2D eigenvalue weighted by molar-refractivity contribution is 7.21. The Kier molecular flexibility index (Phi) is 4.98. The second kappa shape index (κ2) is 7.88. The molecule has 0 bridgehead atoms. The normalized spacial score (nSPS) is 12.0. The van der Waals surface area contributed by atoms with Crippen molar-refractivity contribution in [3.05, 3.63) is 90.0 Å². The maximum absolute atomic E-state index is 4.49. The number of fused-ring (bicyclic) bond motifs is 1. The van der Waals surface area contributed by atoms with Gasteiger partial charge in [0.1, 0.15) is 0 Å². The number of anilines is 1. The van der Waals surface area contributed by atoms with E-state index >= 15 is 0 Å². The fourth-order valence-corrected chi connectivity index (χ4v) is 3.26. The summed E-state index contributed by atoms with van der Waals surface area (Å²) >= 11 is 1.50. The van der Waals surface area contributed by atoms with E-state index < -0.39 is 0 Å². The number of hydrogen-bond acceptors (Lipinski definition) is 5. The predicted molar refractivity (Wildman–Crippen MR) is 112 cm³/mol. The Labute approximate surface area is 161 Å². The van der Waals surface area contributed by atoms with Gasteiger partial charge in [-0.25, -0.2) is 4.98 Å². The number of azo groups is 1. The zero-order valence-electron chi connectivity index (χ0n) is 14.7. The minimum Gasteiger partial charge on any atom is -0.276 e. The third-order valence-corrected chi connectivity index (χ3v) is 4.81. The number of aromatic nitrogens is 1. The fourth-order valence-electron chi connectivity index (χ4n) is 2.47. The van der Waals surface area contributed by atoms with Crippen molar-refractivity contribution in [2.24, 2.45) is 15.3 Å². The third-order valence-electron chi connectivity index (χ3n) is 3.89. The van der Waals surface area contributed by atoms with Crippen LogP contribution in [0, 0.1) is 6.92 Å². The number of nitrogens with zero attached hydrogens (tertiary/aromatic N) is 4. The molecule has 4 aromatic rings. The molecule has 6 heteroatoms. The number of aryl methyl sites for hydroxylation is 1. The Morgan fingerprint density at radius 1 is 0.889 bits per heavy atom. The summed E-state index contributed by atoms with van der Waals surface area (Å²) < 4.78 is 1.09. The monoisotopic (exact) mass is 371 g/mol. The van der Waals surface area contributed by atoms with Crippen LogP contribution < -0.4 is 5.43 Å². The summed E-state index contributed by atoms with van der Waals surface area (Å²) in [5.74, 6) is 0.498. The number of hydrogen-bond donors (Lipinski definition) is 1. The number of para-hydroxylation sites is 2. The topological polar surface area (TPSA) is 62.0 Å². The van der Waals surface area contributed by atoms with Crippen LogP contribution in [-0.2, 0) is 0 Å². The summed E-state index contributed by atoms with van der Waals surface area (Å²) in [5, 5.41) is 13.7. The summed E-state index contributed by atoms with van der Waals surface area (Å²) in [6.45, 7) is 2.05. The van der Waals surface area contributed by atoms with Gasteiger partial charge < -0.3 is 0 Å². The molecule has 132 valence electrons. The van der Waals surface area contributed by atoms with E-state index in [9.17, 15) is 0 Å². The van der Waals surface area contributed by atoms with Crippen LogP contribution in [0.5, 0.6) is 0 Å². The van der Waals surface area contributed by atoms with Gasteiger partial charge in [0.15, 0.2) is 0 Å². The van der Waals surface area contributed by atoms with Gasteiger partial charge in [0.05, 0.1) is 15.9 Å². The first kappa shape index (κ1) is 17.1. The largest absolute Gasteiger partial charge is 0.276 e. The second-order valence-corrected chi connectivity index (χ2v) is 6.95. The zero-order valence-corrected chi connectivity index (χ0v) is 15.5. The Bertz CT molecular complexity index is 1070. The van der Waals surface area contributed by atoms with Gasteiger partial charge in [-0.05, 0) is 31.2 Å². The minimum absolute atomic E-state index is 0.498. The van der Waals surface area contributed by atoms with Crippen LogP contribution in [0.4, 0.5) is 10.8 Å². The maximum Gasteiger partial charge on any atom is 0.231 e. The van der Waals surface area contributed by atoms with Crippen LogP contribution in [0.25, 0.3) is 10.2 Å². The van der Waals surface area contributed by atoms with E-state index in [1.165, 1.54) is 16.9 Å². The van der Waals surface area contributed by atoms with Crippen molar-refractivity contribution >= 4 is 38.2 Å². The van der Waals surface area contributed by atoms with Crippen molar-refractivity contribution in [3.63, 3.8) is 0 Å². The van der Waals surface area contributed by atoms with Crippen LogP contribution >= 0.6 is 11.3 Å². The van der Waals surface area contributed by atoms with E-state index in [1.54, 1.807) is 0 Å². The molecule has 3 aromatic carbocycles. The van der Waals surface area contributed by atoms with Crippen LogP contribution in [0.3, 0.4) is 0 Å². The summed E-state index contributed by atoms with van der Waals surface area (Å²) in [4.78, 5) is 4.49. The van der Waals surface area contributed by atoms with Crippen LogP contribution in [0.15, 0.2) is 94.2 Å². The van der Waals surface area contributed by atoms with Gasteiger partial charge in [-0.2, -0.15) is 5.10 Å². The van der Waals surface area contributed by atoms with Gasteiger partial charge in [-0.3, -0.25) is 5.43 Å². The number of rotatable bonds is 4. The van der Waals surface area contributed by atoms with E-state index in [1.807, 2.05) is 85.8 Å². The number of benzene rings is 3. The van der Waals surface area contributed by atoms with Gasteiger partial charge in [0.25, 0.3) is 0 Å². The van der Waals surface area contributed by atoms with E-state index in [-0.39, 0.29) is 0 Å². The van der Waals surface area contributed by atoms with Gasteiger partial charge in [-0.1, -0.05) is 71.5 Å². The highest BCUT2D eigenvalue weighted by Gasteiger charge is 2.05. The molecule has 5 nitrogen and oxygen atoms in total. The standard InChI is InChI=1S/C21H17N5S/c1-15-11-13-16(14-12-15)20(24-23-17-7-3-2-4-8-17)25-26-21-22-18-9-5-6-10-19(18)27-21/h2-14,23H,1H3.